The molecule has 2 atom stereocenters. The molecule has 22 heavy (non-hydrogen) atoms. The van der Waals surface area contributed by atoms with E-state index < -0.39 is 0 Å². The summed E-state index contributed by atoms with van der Waals surface area (Å²) in [4.78, 5) is 2.72. The van der Waals surface area contributed by atoms with Gasteiger partial charge in [0, 0.05) is 37.6 Å². The Morgan fingerprint density at radius 2 is 1.77 bits per heavy atom. The third-order valence-corrected chi connectivity index (χ3v) is 5.10. The van der Waals surface area contributed by atoms with E-state index >= 15 is 0 Å². The number of hydrogen-bond donors (Lipinski definition) is 1. The number of nitrogens with zero attached hydrogens (tertiary/aromatic N) is 3. The quantitative estimate of drug-likeness (QED) is 0.939. The van der Waals surface area contributed by atoms with Crippen LogP contribution in [0.3, 0.4) is 0 Å². The van der Waals surface area contributed by atoms with Crippen LogP contribution in [0.2, 0.25) is 0 Å². The van der Waals surface area contributed by atoms with Crippen LogP contribution in [0.1, 0.15) is 30.4 Å². The molecule has 2 aliphatic heterocycles. The van der Waals surface area contributed by atoms with E-state index in [0.717, 1.165) is 31.7 Å². The Morgan fingerprint density at radius 1 is 1.00 bits per heavy atom. The van der Waals surface area contributed by atoms with Gasteiger partial charge in [0.05, 0.1) is 6.54 Å². The van der Waals surface area contributed by atoms with E-state index in [1.54, 1.807) is 0 Å². The number of hydrogen-bond acceptors (Lipinski definition) is 3. The minimum atomic E-state index is 0.733. The molecular weight excluding hydrogens is 272 g/mol. The fourth-order valence-corrected chi connectivity index (χ4v) is 3.88. The van der Waals surface area contributed by atoms with Crippen LogP contribution >= 0.6 is 0 Å². The summed E-state index contributed by atoms with van der Waals surface area (Å²) in [5, 5.41) is 7.84. The monoisotopic (exact) mass is 296 g/mol. The molecule has 0 amide bonds. The van der Waals surface area contributed by atoms with Crippen molar-refractivity contribution >= 4 is 0 Å². The lowest BCUT2D eigenvalue weighted by molar-refractivity contribution is 0.193. The minimum Gasteiger partial charge on any atom is -0.315 e. The SMILES string of the molecule is c1cnn(Cc2ccc(CN3[C@@H]4CCNC[C@H]3CC4)cc2)c1. The van der Waals surface area contributed by atoms with Gasteiger partial charge in [-0.1, -0.05) is 24.3 Å². The largest absolute Gasteiger partial charge is 0.315 e. The number of nitrogens with one attached hydrogen (secondary N) is 1. The second kappa shape index (κ2) is 6.23. The molecule has 116 valence electrons. The molecule has 0 aliphatic carbocycles. The molecule has 0 radical (unpaired) electrons. The lowest BCUT2D eigenvalue weighted by Crippen LogP contribution is -2.37. The van der Waals surface area contributed by atoms with Crippen LogP contribution < -0.4 is 5.32 Å². The highest BCUT2D eigenvalue weighted by Gasteiger charge is 2.34. The molecule has 0 unspecified atom stereocenters. The van der Waals surface area contributed by atoms with Gasteiger partial charge in [0.15, 0.2) is 0 Å². The summed E-state index contributed by atoms with van der Waals surface area (Å²) in [5.74, 6) is 0. The predicted molar refractivity (Wildman–Crippen MR) is 87.6 cm³/mol. The summed E-state index contributed by atoms with van der Waals surface area (Å²) >= 11 is 0. The van der Waals surface area contributed by atoms with E-state index in [4.69, 9.17) is 0 Å². The second-order valence-corrected chi connectivity index (χ2v) is 6.57. The zero-order valence-electron chi connectivity index (χ0n) is 13.0. The molecule has 2 bridgehead atoms. The molecule has 1 aromatic heterocycles. The summed E-state index contributed by atoms with van der Waals surface area (Å²) in [6.07, 6.45) is 7.88. The van der Waals surface area contributed by atoms with Crippen molar-refractivity contribution < 1.29 is 0 Å². The molecule has 4 rings (SSSR count). The highest BCUT2D eigenvalue weighted by molar-refractivity contribution is 5.23. The topological polar surface area (TPSA) is 33.1 Å². The first-order valence-corrected chi connectivity index (χ1v) is 8.40. The summed E-state index contributed by atoms with van der Waals surface area (Å²) < 4.78 is 1.97. The van der Waals surface area contributed by atoms with E-state index in [-0.39, 0.29) is 0 Å². The van der Waals surface area contributed by atoms with Crippen molar-refractivity contribution in [3.8, 4) is 0 Å². The van der Waals surface area contributed by atoms with Crippen LogP contribution in [0.4, 0.5) is 0 Å². The molecule has 0 saturated carbocycles. The van der Waals surface area contributed by atoms with E-state index in [2.05, 4.69) is 39.6 Å². The van der Waals surface area contributed by atoms with Crippen molar-refractivity contribution in [2.24, 2.45) is 0 Å². The molecule has 2 aliphatic rings. The van der Waals surface area contributed by atoms with Crippen LogP contribution in [0.15, 0.2) is 42.7 Å². The summed E-state index contributed by atoms with van der Waals surface area (Å²) in [7, 11) is 0. The first-order chi connectivity index (χ1) is 10.9. The van der Waals surface area contributed by atoms with Gasteiger partial charge in [-0.25, -0.2) is 0 Å². The Bertz CT molecular complexity index is 576. The predicted octanol–water partition coefficient (Wildman–Crippen LogP) is 2.26. The third-order valence-electron chi connectivity index (χ3n) is 5.10. The van der Waals surface area contributed by atoms with Crippen molar-refractivity contribution in [1.29, 1.82) is 0 Å². The molecule has 3 heterocycles. The fraction of sp³-hybridized carbons (Fsp3) is 0.500. The van der Waals surface area contributed by atoms with E-state index in [0.29, 0.717) is 0 Å². The standard InChI is InChI=1S/C18H24N4/c1-9-20-21(11-1)13-15-2-4-16(5-3-15)14-22-17-6-7-18(22)12-19-10-8-17/h1-5,9,11,17-19H,6-8,10,12-14H2/t17-,18+/m0/s1. The van der Waals surface area contributed by atoms with Gasteiger partial charge in [0.2, 0.25) is 0 Å². The molecule has 1 aromatic carbocycles. The molecule has 2 aromatic rings. The van der Waals surface area contributed by atoms with Gasteiger partial charge < -0.3 is 5.32 Å². The van der Waals surface area contributed by atoms with Crippen LogP contribution in [-0.4, -0.2) is 39.9 Å². The first-order valence-electron chi connectivity index (χ1n) is 8.40. The molecule has 1 N–H and O–H groups in total. The van der Waals surface area contributed by atoms with Crippen LogP contribution in [0, 0.1) is 0 Å². The van der Waals surface area contributed by atoms with Gasteiger partial charge in [0.25, 0.3) is 0 Å². The molecule has 2 saturated heterocycles. The van der Waals surface area contributed by atoms with Gasteiger partial charge in [-0.15, -0.1) is 0 Å². The molecule has 2 fully saturated rings. The normalized spacial score (nSPS) is 25.3. The smallest absolute Gasteiger partial charge is 0.0659 e. The maximum Gasteiger partial charge on any atom is 0.0659 e. The van der Waals surface area contributed by atoms with Crippen molar-refractivity contribution in [2.75, 3.05) is 13.1 Å². The Hall–Kier alpha value is -1.65. The highest BCUT2D eigenvalue weighted by Crippen LogP contribution is 2.29. The van der Waals surface area contributed by atoms with Crippen molar-refractivity contribution in [3.63, 3.8) is 0 Å². The van der Waals surface area contributed by atoms with Gasteiger partial charge in [-0.3, -0.25) is 9.58 Å². The van der Waals surface area contributed by atoms with E-state index in [1.807, 2.05) is 23.1 Å². The lowest BCUT2D eigenvalue weighted by atomic mass is 10.1. The minimum absolute atomic E-state index is 0.733. The summed E-state index contributed by atoms with van der Waals surface area (Å²) in [5.41, 5.74) is 2.75. The van der Waals surface area contributed by atoms with Crippen molar-refractivity contribution in [1.82, 2.24) is 20.0 Å². The average Bonchev–Trinajstić information content (AvgIpc) is 3.09. The maximum absolute atomic E-state index is 4.27. The highest BCUT2D eigenvalue weighted by atomic mass is 15.3. The van der Waals surface area contributed by atoms with Crippen molar-refractivity contribution in [3.05, 3.63) is 53.9 Å². The maximum atomic E-state index is 4.27. The third kappa shape index (κ3) is 2.94. The lowest BCUT2D eigenvalue weighted by Gasteiger charge is -2.27. The average molecular weight is 296 g/mol. The molecule has 4 nitrogen and oxygen atoms in total. The van der Waals surface area contributed by atoms with Gasteiger partial charge in [-0.05, 0) is 43.0 Å². The number of aromatic nitrogens is 2. The Kier molecular flexibility index (Phi) is 3.95. The first kappa shape index (κ1) is 14.0. The molecule has 0 spiro atoms. The Morgan fingerprint density at radius 3 is 2.55 bits per heavy atom. The number of fused-ring (bicyclic) bond motifs is 2. The second-order valence-electron chi connectivity index (χ2n) is 6.57. The zero-order chi connectivity index (χ0) is 14.8. The van der Waals surface area contributed by atoms with E-state index in [9.17, 15) is 0 Å². The molecular formula is C18H24N4. The Balaban J connectivity index is 1.42. The molecule has 4 heteroatoms. The summed E-state index contributed by atoms with van der Waals surface area (Å²) in [6.45, 7) is 4.29. The number of rotatable bonds is 4. The van der Waals surface area contributed by atoms with Gasteiger partial charge in [0.1, 0.15) is 0 Å². The van der Waals surface area contributed by atoms with Crippen LogP contribution in [0.25, 0.3) is 0 Å². The van der Waals surface area contributed by atoms with Gasteiger partial charge in [-0.2, -0.15) is 5.10 Å². The van der Waals surface area contributed by atoms with E-state index in [1.165, 1.54) is 36.9 Å². The van der Waals surface area contributed by atoms with Crippen LogP contribution in [0.5, 0.6) is 0 Å². The van der Waals surface area contributed by atoms with Gasteiger partial charge >= 0.3 is 0 Å². The zero-order valence-corrected chi connectivity index (χ0v) is 13.0. The van der Waals surface area contributed by atoms with Crippen molar-refractivity contribution in [2.45, 2.75) is 44.4 Å². The summed E-state index contributed by atoms with van der Waals surface area (Å²) in [6, 6.07) is 12.6. The number of benzene rings is 1. The fourth-order valence-electron chi connectivity index (χ4n) is 3.88. The van der Waals surface area contributed by atoms with Crippen LogP contribution in [-0.2, 0) is 13.1 Å². The Labute approximate surface area is 132 Å².